The molecule has 0 unspecified atom stereocenters. The van der Waals surface area contributed by atoms with E-state index in [2.05, 4.69) is 11.3 Å². The van der Waals surface area contributed by atoms with Gasteiger partial charge in [-0.25, -0.2) is 14.4 Å². The van der Waals surface area contributed by atoms with Crippen molar-refractivity contribution in [3.8, 4) is 0 Å². The van der Waals surface area contributed by atoms with Gasteiger partial charge < -0.3 is 14.9 Å². The summed E-state index contributed by atoms with van der Waals surface area (Å²) in [7, 11) is 0. The largest absolute Gasteiger partial charge is 0.478 e. The first-order valence-electron chi connectivity index (χ1n) is 4.34. The van der Waals surface area contributed by atoms with Crippen LogP contribution in [0.2, 0.25) is 0 Å². The van der Waals surface area contributed by atoms with Gasteiger partial charge >= 0.3 is 17.9 Å². The molecule has 0 bridgehead atoms. The molecule has 0 aliphatic carbocycles. The Hall–Kier alpha value is -2.11. The lowest BCUT2D eigenvalue weighted by atomic mass is 10.2. The van der Waals surface area contributed by atoms with Gasteiger partial charge in [-0.15, -0.1) is 0 Å². The van der Waals surface area contributed by atoms with Crippen LogP contribution in [-0.4, -0.2) is 34.7 Å². The lowest BCUT2D eigenvalue weighted by molar-refractivity contribution is -0.140. The smallest absolute Gasteiger partial charge is 0.333 e. The first-order valence-corrected chi connectivity index (χ1v) is 4.34. The van der Waals surface area contributed by atoms with Gasteiger partial charge in [0.1, 0.15) is 0 Å². The van der Waals surface area contributed by atoms with Crippen LogP contribution < -0.4 is 0 Å². The number of aliphatic carboxylic acids is 2. The van der Waals surface area contributed by atoms with Crippen molar-refractivity contribution in [2.24, 2.45) is 0 Å². The zero-order valence-corrected chi connectivity index (χ0v) is 8.73. The molecule has 0 atom stereocenters. The summed E-state index contributed by atoms with van der Waals surface area (Å²) in [4.78, 5) is 31.7. The molecule has 0 heterocycles. The van der Waals surface area contributed by atoms with Gasteiger partial charge in [0.25, 0.3) is 0 Å². The fraction of sp³-hybridized carbons (Fsp3) is 0.300. The fourth-order valence-electron chi connectivity index (χ4n) is 0.767. The molecule has 0 spiro atoms. The number of carboxylic acids is 2. The molecule has 0 saturated heterocycles. The van der Waals surface area contributed by atoms with E-state index >= 15 is 0 Å². The SMILES string of the molecule is C=C(C)C(=O)OCC/C(=C/C(=O)O)C(=O)O. The maximum atomic E-state index is 10.9. The number of carbonyl (C=O) groups is 3. The van der Waals surface area contributed by atoms with Gasteiger partial charge in [0.2, 0.25) is 0 Å². The number of carbonyl (C=O) groups excluding carboxylic acids is 1. The number of rotatable bonds is 6. The topological polar surface area (TPSA) is 101 Å². The Labute approximate surface area is 91.8 Å². The molecule has 0 aromatic heterocycles. The van der Waals surface area contributed by atoms with Crippen LogP contribution >= 0.6 is 0 Å². The Morgan fingerprint density at radius 3 is 2.25 bits per heavy atom. The number of hydrogen-bond donors (Lipinski definition) is 2. The molecule has 0 rings (SSSR count). The van der Waals surface area contributed by atoms with E-state index < -0.39 is 17.9 Å². The van der Waals surface area contributed by atoms with Crippen LogP contribution in [0, 0.1) is 0 Å². The summed E-state index contributed by atoms with van der Waals surface area (Å²) in [5.74, 6) is -3.35. The van der Waals surface area contributed by atoms with Gasteiger partial charge in [-0.1, -0.05) is 6.58 Å². The number of carboxylic acid groups (broad SMARTS) is 2. The quantitative estimate of drug-likeness (QED) is 0.509. The van der Waals surface area contributed by atoms with Crippen molar-refractivity contribution in [2.75, 3.05) is 6.61 Å². The van der Waals surface area contributed by atoms with Crippen LogP contribution in [0.5, 0.6) is 0 Å². The van der Waals surface area contributed by atoms with Crippen molar-refractivity contribution in [2.45, 2.75) is 13.3 Å². The number of esters is 1. The third-order valence-corrected chi connectivity index (χ3v) is 1.53. The molecule has 0 aliphatic rings. The average Bonchev–Trinajstić information content (AvgIpc) is 2.14. The molecule has 0 amide bonds. The fourth-order valence-corrected chi connectivity index (χ4v) is 0.767. The van der Waals surface area contributed by atoms with Crippen LogP contribution in [0.25, 0.3) is 0 Å². The maximum Gasteiger partial charge on any atom is 0.333 e. The van der Waals surface area contributed by atoms with E-state index in [1.165, 1.54) is 6.92 Å². The zero-order valence-electron chi connectivity index (χ0n) is 8.73. The minimum Gasteiger partial charge on any atom is -0.478 e. The molecule has 6 heteroatoms. The second-order valence-corrected chi connectivity index (χ2v) is 2.98. The van der Waals surface area contributed by atoms with E-state index in [0.29, 0.717) is 6.08 Å². The summed E-state index contributed by atoms with van der Waals surface area (Å²) < 4.78 is 4.63. The van der Waals surface area contributed by atoms with Gasteiger partial charge in [-0.2, -0.15) is 0 Å². The number of hydrogen-bond acceptors (Lipinski definition) is 4. The maximum absolute atomic E-state index is 10.9. The normalized spacial score (nSPS) is 10.7. The van der Waals surface area contributed by atoms with Gasteiger partial charge in [0.05, 0.1) is 6.61 Å². The molecule has 0 aliphatic heterocycles. The summed E-state index contributed by atoms with van der Waals surface area (Å²) >= 11 is 0. The second-order valence-electron chi connectivity index (χ2n) is 2.98. The molecule has 0 saturated carbocycles. The Kier molecular flexibility index (Phi) is 5.55. The molecule has 0 aromatic rings. The minimum atomic E-state index is -1.36. The summed E-state index contributed by atoms with van der Waals surface area (Å²) in [5.41, 5.74) is -0.138. The van der Waals surface area contributed by atoms with Crippen molar-refractivity contribution in [1.82, 2.24) is 0 Å². The summed E-state index contributed by atoms with van der Waals surface area (Å²) in [6, 6.07) is 0. The molecule has 2 N–H and O–H groups in total. The molecule has 0 aromatic carbocycles. The third kappa shape index (κ3) is 5.58. The Morgan fingerprint density at radius 2 is 1.88 bits per heavy atom. The van der Waals surface area contributed by atoms with Crippen LogP contribution in [0.3, 0.4) is 0 Å². The van der Waals surface area contributed by atoms with E-state index in [4.69, 9.17) is 10.2 Å². The second kappa shape index (κ2) is 6.39. The molecular weight excluding hydrogens is 216 g/mol. The van der Waals surface area contributed by atoms with E-state index in [1.807, 2.05) is 0 Å². The predicted octanol–water partition coefficient (Wildman–Crippen LogP) is 0.591. The highest BCUT2D eigenvalue weighted by Gasteiger charge is 2.11. The molecule has 88 valence electrons. The van der Waals surface area contributed by atoms with E-state index in [1.54, 1.807) is 0 Å². The van der Waals surface area contributed by atoms with Gasteiger partial charge in [-0.3, -0.25) is 0 Å². The van der Waals surface area contributed by atoms with Crippen LogP contribution in [-0.2, 0) is 19.1 Å². The van der Waals surface area contributed by atoms with Crippen molar-refractivity contribution in [3.05, 3.63) is 23.8 Å². The summed E-state index contributed by atoms with van der Waals surface area (Å²) in [6.45, 7) is 4.59. The van der Waals surface area contributed by atoms with Crippen LogP contribution in [0.1, 0.15) is 13.3 Å². The van der Waals surface area contributed by atoms with Crippen molar-refractivity contribution in [3.63, 3.8) is 0 Å². The van der Waals surface area contributed by atoms with E-state index in [-0.39, 0.29) is 24.2 Å². The summed E-state index contributed by atoms with van der Waals surface area (Å²) in [6.07, 6.45) is 0.400. The first kappa shape index (κ1) is 13.9. The average molecular weight is 228 g/mol. The Balaban J connectivity index is 4.26. The van der Waals surface area contributed by atoms with Crippen LogP contribution in [0.4, 0.5) is 0 Å². The van der Waals surface area contributed by atoms with Gasteiger partial charge in [0.15, 0.2) is 0 Å². The van der Waals surface area contributed by atoms with Gasteiger partial charge in [0, 0.05) is 23.6 Å². The minimum absolute atomic E-state index is 0.166. The highest BCUT2D eigenvalue weighted by molar-refractivity contribution is 5.94. The monoisotopic (exact) mass is 228 g/mol. The molecular formula is C10H12O6. The molecule has 0 radical (unpaired) electrons. The zero-order chi connectivity index (χ0) is 12.7. The lowest BCUT2D eigenvalue weighted by Gasteiger charge is -2.04. The van der Waals surface area contributed by atoms with Gasteiger partial charge in [-0.05, 0) is 6.92 Å². The Morgan fingerprint density at radius 1 is 1.31 bits per heavy atom. The Bertz CT molecular complexity index is 352. The third-order valence-electron chi connectivity index (χ3n) is 1.53. The molecule has 16 heavy (non-hydrogen) atoms. The van der Waals surface area contributed by atoms with E-state index in [0.717, 1.165) is 0 Å². The predicted molar refractivity (Wildman–Crippen MR) is 53.7 cm³/mol. The lowest BCUT2D eigenvalue weighted by Crippen LogP contribution is -2.11. The molecule has 0 fully saturated rings. The van der Waals surface area contributed by atoms with E-state index in [9.17, 15) is 14.4 Å². The molecule has 6 nitrogen and oxygen atoms in total. The van der Waals surface area contributed by atoms with Crippen molar-refractivity contribution >= 4 is 17.9 Å². The standard InChI is InChI=1S/C10H12O6/c1-6(2)10(15)16-4-3-7(9(13)14)5-8(11)12/h5H,1,3-4H2,2H3,(H,11,12)(H,13,14)/b7-5-. The highest BCUT2D eigenvalue weighted by Crippen LogP contribution is 2.03. The summed E-state index contributed by atoms with van der Waals surface area (Å²) in [5, 5.41) is 17.0. The number of ether oxygens (including phenoxy) is 1. The van der Waals surface area contributed by atoms with Crippen LogP contribution in [0.15, 0.2) is 23.8 Å². The van der Waals surface area contributed by atoms with Crippen molar-refractivity contribution in [1.29, 1.82) is 0 Å². The van der Waals surface area contributed by atoms with Crippen molar-refractivity contribution < 1.29 is 29.3 Å². The first-order chi connectivity index (χ1) is 7.34. The highest BCUT2D eigenvalue weighted by atomic mass is 16.5.